The number of nitrogens with one attached hydrogen (secondary N) is 1. The maximum absolute atomic E-state index is 13.9. The molecule has 1 aliphatic rings. The standard InChI is InChI=1S/C17H18FN/c1-11-3-5-13-6-8-16(14(13)9-11)19-17-7-4-12(2)10-15(17)18/h3-5,7,9-10,16,19H,6,8H2,1-2H3. The lowest BCUT2D eigenvalue weighted by atomic mass is 10.0. The largest absolute Gasteiger partial charge is 0.376 e. The highest BCUT2D eigenvalue weighted by Crippen LogP contribution is 2.35. The second kappa shape index (κ2) is 4.69. The minimum atomic E-state index is -0.166. The lowest BCUT2D eigenvalue weighted by Gasteiger charge is -2.17. The molecule has 1 N–H and O–H groups in total. The average molecular weight is 255 g/mol. The first-order valence-corrected chi connectivity index (χ1v) is 6.75. The minimum Gasteiger partial charge on any atom is -0.376 e. The zero-order valence-corrected chi connectivity index (χ0v) is 11.3. The molecule has 0 aromatic heterocycles. The fourth-order valence-corrected chi connectivity index (χ4v) is 2.80. The van der Waals surface area contributed by atoms with E-state index in [-0.39, 0.29) is 11.9 Å². The predicted molar refractivity (Wildman–Crippen MR) is 77.0 cm³/mol. The van der Waals surface area contributed by atoms with Crippen molar-refractivity contribution in [1.29, 1.82) is 0 Å². The highest BCUT2D eigenvalue weighted by molar-refractivity contribution is 5.50. The van der Waals surface area contributed by atoms with Crippen molar-refractivity contribution in [3.8, 4) is 0 Å². The Morgan fingerprint density at radius 1 is 1.05 bits per heavy atom. The van der Waals surface area contributed by atoms with Crippen LogP contribution in [-0.4, -0.2) is 0 Å². The van der Waals surface area contributed by atoms with Crippen LogP contribution in [0.4, 0.5) is 10.1 Å². The molecule has 19 heavy (non-hydrogen) atoms. The van der Waals surface area contributed by atoms with Crippen LogP contribution in [0.5, 0.6) is 0 Å². The second-order valence-corrected chi connectivity index (χ2v) is 5.42. The summed E-state index contributed by atoms with van der Waals surface area (Å²) in [6, 6.07) is 12.1. The molecule has 1 aliphatic carbocycles. The SMILES string of the molecule is Cc1ccc(NC2CCc3ccc(C)cc32)c(F)c1. The summed E-state index contributed by atoms with van der Waals surface area (Å²) in [6.45, 7) is 4.00. The molecule has 98 valence electrons. The number of anilines is 1. The molecule has 3 rings (SSSR count). The number of benzene rings is 2. The lowest BCUT2D eigenvalue weighted by Crippen LogP contribution is -2.08. The van der Waals surface area contributed by atoms with Gasteiger partial charge in [0, 0.05) is 0 Å². The van der Waals surface area contributed by atoms with Gasteiger partial charge in [-0.05, 0) is 55.5 Å². The van der Waals surface area contributed by atoms with Gasteiger partial charge in [-0.25, -0.2) is 4.39 Å². The third kappa shape index (κ3) is 2.35. The van der Waals surface area contributed by atoms with Gasteiger partial charge in [-0.1, -0.05) is 29.8 Å². The Morgan fingerprint density at radius 2 is 1.79 bits per heavy atom. The van der Waals surface area contributed by atoms with Gasteiger partial charge in [-0.3, -0.25) is 0 Å². The fourth-order valence-electron chi connectivity index (χ4n) is 2.80. The number of halogens is 1. The molecule has 0 amide bonds. The van der Waals surface area contributed by atoms with Crippen LogP contribution in [0.2, 0.25) is 0 Å². The van der Waals surface area contributed by atoms with Crippen LogP contribution in [0.3, 0.4) is 0 Å². The maximum atomic E-state index is 13.9. The molecule has 0 heterocycles. The minimum absolute atomic E-state index is 0.166. The Balaban J connectivity index is 1.88. The van der Waals surface area contributed by atoms with Crippen molar-refractivity contribution < 1.29 is 4.39 Å². The lowest BCUT2D eigenvalue weighted by molar-refractivity contribution is 0.623. The Kier molecular flexibility index (Phi) is 3.02. The van der Waals surface area contributed by atoms with Gasteiger partial charge in [-0.15, -0.1) is 0 Å². The van der Waals surface area contributed by atoms with E-state index in [1.165, 1.54) is 16.7 Å². The number of aryl methyl sites for hydroxylation is 3. The summed E-state index contributed by atoms with van der Waals surface area (Å²) in [6.07, 6.45) is 2.10. The quantitative estimate of drug-likeness (QED) is 0.830. The van der Waals surface area contributed by atoms with Crippen LogP contribution >= 0.6 is 0 Å². The zero-order valence-electron chi connectivity index (χ0n) is 11.3. The molecule has 0 bridgehead atoms. The van der Waals surface area contributed by atoms with Crippen molar-refractivity contribution >= 4 is 5.69 Å². The monoisotopic (exact) mass is 255 g/mol. The van der Waals surface area contributed by atoms with E-state index in [1.54, 1.807) is 6.07 Å². The highest BCUT2D eigenvalue weighted by Gasteiger charge is 2.22. The molecule has 2 aromatic rings. The first-order valence-electron chi connectivity index (χ1n) is 6.75. The van der Waals surface area contributed by atoms with E-state index in [2.05, 4.69) is 30.4 Å². The van der Waals surface area contributed by atoms with Crippen molar-refractivity contribution in [2.75, 3.05) is 5.32 Å². The number of fused-ring (bicyclic) bond motifs is 1. The van der Waals surface area contributed by atoms with E-state index in [1.807, 2.05) is 19.1 Å². The molecule has 0 saturated carbocycles. The summed E-state index contributed by atoms with van der Waals surface area (Å²) in [5.74, 6) is -0.166. The van der Waals surface area contributed by atoms with E-state index in [4.69, 9.17) is 0 Å². The van der Waals surface area contributed by atoms with E-state index in [9.17, 15) is 4.39 Å². The molecular weight excluding hydrogens is 237 g/mol. The summed E-state index contributed by atoms with van der Waals surface area (Å²) in [5.41, 5.74) is 5.52. The molecular formula is C17H18FN. The van der Waals surface area contributed by atoms with Crippen LogP contribution in [0, 0.1) is 19.7 Å². The van der Waals surface area contributed by atoms with Gasteiger partial charge in [-0.2, -0.15) is 0 Å². The van der Waals surface area contributed by atoms with Crippen molar-refractivity contribution in [3.63, 3.8) is 0 Å². The van der Waals surface area contributed by atoms with Crippen molar-refractivity contribution in [3.05, 3.63) is 64.5 Å². The Bertz CT molecular complexity index is 619. The first-order chi connectivity index (χ1) is 9.13. The molecule has 1 atom stereocenters. The summed E-state index contributed by atoms with van der Waals surface area (Å²) in [5, 5.41) is 3.34. The van der Waals surface area contributed by atoms with Crippen LogP contribution in [0.25, 0.3) is 0 Å². The smallest absolute Gasteiger partial charge is 0.146 e. The third-order valence-corrected chi connectivity index (χ3v) is 3.83. The van der Waals surface area contributed by atoms with Crippen LogP contribution in [0.1, 0.15) is 34.7 Å². The molecule has 0 aliphatic heterocycles. The molecule has 2 aromatic carbocycles. The van der Waals surface area contributed by atoms with Crippen molar-refractivity contribution in [2.45, 2.75) is 32.7 Å². The van der Waals surface area contributed by atoms with Crippen LogP contribution in [0.15, 0.2) is 36.4 Å². The molecule has 1 nitrogen and oxygen atoms in total. The second-order valence-electron chi connectivity index (χ2n) is 5.42. The van der Waals surface area contributed by atoms with Gasteiger partial charge in [0.05, 0.1) is 11.7 Å². The number of hydrogen-bond donors (Lipinski definition) is 1. The fraction of sp³-hybridized carbons (Fsp3) is 0.294. The van der Waals surface area contributed by atoms with Gasteiger partial charge >= 0.3 is 0 Å². The molecule has 0 spiro atoms. The van der Waals surface area contributed by atoms with Gasteiger partial charge in [0.15, 0.2) is 0 Å². The normalized spacial score (nSPS) is 17.3. The topological polar surface area (TPSA) is 12.0 Å². The van der Waals surface area contributed by atoms with Gasteiger partial charge < -0.3 is 5.32 Å². The van der Waals surface area contributed by atoms with Crippen LogP contribution < -0.4 is 5.32 Å². The molecule has 0 fully saturated rings. The third-order valence-electron chi connectivity index (χ3n) is 3.83. The highest BCUT2D eigenvalue weighted by atomic mass is 19.1. The van der Waals surface area contributed by atoms with Gasteiger partial charge in [0.2, 0.25) is 0 Å². The van der Waals surface area contributed by atoms with Crippen molar-refractivity contribution in [2.24, 2.45) is 0 Å². The van der Waals surface area contributed by atoms with E-state index >= 15 is 0 Å². The molecule has 2 heteroatoms. The van der Waals surface area contributed by atoms with E-state index in [0.29, 0.717) is 5.69 Å². The number of rotatable bonds is 2. The molecule has 0 saturated heterocycles. The summed E-state index contributed by atoms with van der Waals surface area (Å²) in [4.78, 5) is 0. The van der Waals surface area contributed by atoms with E-state index in [0.717, 1.165) is 18.4 Å². The van der Waals surface area contributed by atoms with Gasteiger partial charge in [0.25, 0.3) is 0 Å². The summed E-state index contributed by atoms with van der Waals surface area (Å²) < 4.78 is 13.9. The van der Waals surface area contributed by atoms with E-state index < -0.39 is 0 Å². The zero-order chi connectivity index (χ0) is 13.4. The maximum Gasteiger partial charge on any atom is 0.146 e. The molecule has 0 radical (unpaired) electrons. The Morgan fingerprint density at radius 3 is 2.58 bits per heavy atom. The molecule has 1 unspecified atom stereocenters. The summed E-state index contributed by atoms with van der Waals surface area (Å²) >= 11 is 0. The van der Waals surface area contributed by atoms with Gasteiger partial charge in [0.1, 0.15) is 5.82 Å². The summed E-state index contributed by atoms with van der Waals surface area (Å²) in [7, 11) is 0. The predicted octanol–water partition coefficient (Wildman–Crippen LogP) is 4.54. The van der Waals surface area contributed by atoms with Crippen LogP contribution in [-0.2, 0) is 6.42 Å². The average Bonchev–Trinajstić information content (AvgIpc) is 2.75. The first kappa shape index (κ1) is 12.2. The Hall–Kier alpha value is -1.83. The Labute approximate surface area is 113 Å². The van der Waals surface area contributed by atoms with Crippen molar-refractivity contribution in [1.82, 2.24) is 0 Å². The number of hydrogen-bond acceptors (Lipinski definition) is 1.